The van der Waals surface area contributed by atoms with Crippen molar-refractivity contribution in [3.05, 3.63) is 0 Å². The molecule has 0 aliphatic carbocycles. The van der Waals surface area contributed by atoms with Gasteiger partial charge in [-0.3, -0.25) is 4.79 Å². The first-order valence-corrected chi connectivity index (χ1v) is 2.94. The Labute approximate surface area is 53.7 Å². The number of aliphatic hydroxyl groups excluding tert-OH is 1. The Morgan fingerprint density at radius 1 is 1.78 bits per heavy atom. The van der Waals surface area contributed by atoms with Crippen LogP contribution < -0.4 is 0 Å². The number of hydrogen-bond donors (Lipinski definition) is 1. The summed E-state index contributed by atoms with van der Waals surface area (Å²) in [4.78, 5) is 10.4. The van der Waals surface area contributed by atoms with Gasteiger partial charge in [-0.05, 0) is 6.92 Å². The van der Waals surface area contributed by atoms with Crippen molar-refractivity contribution in [2.75, 3.05) is 0 Å². The molecule has 1 N–H and O–H groups in total. The van der Waals surface area contributed by atoms with E-state index in [4.69, 9.17) is 5.11 Å². The number of hydrogen-bond acceptors (Lipinski definition) is 2. The van der Waals surface area contributed by atoms with Crippen LogP contribution in [0.1, 0.15) is 20.3 Å². The first-order chi connectivity index (χ1) is 4.09. The Balaban J connectivity index is 3.72. The molecule has 0 aliphatic rings. The third-order valence-corrected chi connectivity index (χ3v) is 1.08. The smallest absolute Gasteiger partial charge is 0.183 e. The lowest BCUT2D eigenvalue weighted by Crippen LogP contribution is -2.26. The van der Waals surface area contributed by atoms with Gasteiger partial charge in [0.05, 0.1) is 6.10 Å². The van der Waals surface area contributed by atoms with Gasteiger partial charge in [0.25, 0.3) is 0 Å². The molecule has 0 spiro atoms. The van der Waals surface area contributed by atoms with Gasteiger partial charge in [0, 0.05) is 6.42 Å². The fourth-order valence-corrected chi connectivity index (χ4v) is 0.464. The van der Waals surface area contributed by atoms with E-state index in [9.17, 15) is 9.18 Å². The largest absolute Gasteiger partial charge is 0.390 e. The van der Waals surface area contributed by atoms with Crippen LogP contribution in [0.5, 0.6) is 0 Å². The zero-order valence-electron chi connectivity index (χ0n) is 5.60. The first kappa shape index (κ1) is 8.56. The lowest BCUT2D eigenvalue weighted by atomic mass is 10.1. The molecule has 0 radical (unpaired) electrons. The predicted octanol–water partition coefficient (Wildman–Crippen LogP) is 0.684. The summed E-state index contributed by atoms with van der Waals surface area (Å²) in [6.07, 6.45) is -2.72. The van der Waals surface area contributed by atoms with Gasteiger partial charge in [0.1, 0.15) is 0 Å². The maximum Gasteiger partial charge on any atom is 0.183 e. The lowest BCUT2D eigenvalue weighted by Gasteiger charge is -2.06. The summed E-state index contributed by atoms with van der Waals surface area (Å²) in [6.45, 7) is 2.83. The average molecular weight is 134 g/mol. The van der Waals surface area contributed by atoms with Gasteiger partial charge in [-0.25, -0.2) is 4.39 Å². The van der Waals surface area contributed by atoms with Crippen molar-refractivity contribution in [3.63, 3.8) is 0 Å². The van der Waals surface area contributed by atoms with Crippen LogP contribution in [0.3, 0.4) is 0 Å². The molecule has 0 aromatic heterocycles. The molecule has 0 fully saturated rings. The summed E-state index contributed by atoms with van der Waals surface area (Å²) in [5.41, 5.74) is 0. The van der Waals surface area contributed by atoms with Gasteiger partial charge in [0.15, 0.2) is 12.0 Å². The minimum Gasteiger partial charge on any atom is -0.390 e. The van der Waals surface area contributed by atoms with Crippen LogP contribution in [0.15, 0.2) is 0 Å². The number of rotatable bonds is 3. The van der Waals surface area contributed by atoms with Gasteiger partial charge >= 0.3 is 0 Å². The van der Waals surface area contributed by atoms with E-state index in [0.29, 0.717) is 0 Å². The number of aliphatic hydroxyl groups is 1. The maximum absolute atomic E-state index is 12.3. The van der Waals surface area contributed by atoms with Crippen molar-refractivity contribution in [1.29, 1.82) is 0 Å². The van der Waals surface area contributed by atoms with Crippen molar-refractivity contribution in [2.45, 2.75) is 32.5 Å². The molecule has 9 heavy (non-hydrogen) atoms. The average Bonchev–Trinajstić information content (AvgIpc) is 1.84. The molecule has 2 atom stereocenters. The summed E-state index contributed by atoms with van der Waals surface area (Å²) in [5.74, 6) is -0.537. The number of ketones is 1. The van der Waals surface area contributed by atoms with Gasteiger partial charge in [-0.2, -0.15) is 0 Å². The molecule has 2 unspecified atom stereocenters. The summed E-state index contributed by atoms with van der Waals surface area (Å²) in [5, 5.41) is 8.53. The standard InChI is InChI=1S/C6H11FO2/c1-3-5(9)6(7)4(2)8/h4,6,8H,3H2,1-2H3. The van der Waals surface area contributed by atoms with Crippen molar-refractivity contribution in [2.24, 2.45) is 0 Å². The van der Waals surface area contributed by atoms with E-state index in [-0.39, 0.29) is 6.42 Å². The van der Waals surface area contributed by atoms with Crippen LogP contribution in [0.25, 0.3) is 0 Å². The quantitative estimate of drug-likeness (QED) is 0.616. The fraction of sp³-hybridized carbons (Fsp3) is 0.833. The molecule has 0 aromatic rings. The summed E-state index contributed by atoms with van der Waals surface area (Å²) >= 11 is 0. The van der Waals surface area contributed by atoms with Gasteiger partial charge in [-0.1, -0.05) is 6.92 Å². The Kier molecular flexibility index (Phi) is 3.39. The van der Waals surface area contributed by atoms with Crippen molar-refractivity contribution in [1.82, 2.24) is 0 Å². The minimum absolute atomic E-state index is 0.145. The summed E-state index contributed by atoms with van der Waals surface area (Å²) in [6, 6.07) is 0. The molecule has 54 valence electrons. The first-order valence-electron chi connectivity index (χ1n) is 2.94. The van der Waals surface area contributed by atoms with Crippen molar-refractivity contribution >= 4 is 5.78 Å². The van der Waals surface area contributed by atoms with E-state index < -0.39 is 18.1 Å². The highest BCUT2D eigenvalue weighted by Crippen LogP contribution is 2.01. The second-order valence-electron chi connectivity index (χ2n) is 1.96. The molecule has 0 heterocycles. The maximum atomic E-state index is 12.3. The van der Waals surface area contributed by atoms with Crippen LogP contribution in [0, 0.1) is 0 Å². The van der Waals surface area contributed by atoms with E-state index in [1.54, 1.807) is 6.92 Å². The number of Topliss-reactive ketones (excluding diaryl/α,β-unsaturated/α-hetero) is 1. The highest BCUT2D eigenvalue weighted by atomic mass is 19.1. The SMILES string of the molecule is CCC(=O)C(F)C(C)O. The van der Waals surface area contributed by atoms with E-state index in [2.05, 4.69) is 0 Å². The van der Waals surface area contributed by atoms with Crippen LogP contribution in [-0.2, 0) is 4.79 Å². The normalized spacial score (nSPS) is 16.9. The lowest BCUT2D eigenvalue weighted by molar-refractivity contribution is -0.126. The topological polar surface area (TPSA) is 37.3 Å². The van der Waals surface area contributed by atoms with Crippen LogP contribution in [0.2, 0.25) is 0 Å². The second-order valence-corrected chi connectivity index (χ2v) is 1.96. The molecule has 0 saturated heterocycles. The number of halogens is 1. The molecular weight excluding hydrogens is 123 g/mol. The zero-order valence-corrected chi connectivity index (χ0v) is 5.60. The third kappa shape index (κ3) is 2.56. The molecular formula is C6H11FO2. The van der Waals surface area contributed by atoms with E-state index in [1.165, 1.54) is 6.92 Å². The van der Waals surface area contributed by atoms with Gasteiger partial charge in [-0.15, -0.1) is 0 Å². The van der Waals surface area contributed by atoms with Gasteiger partial charge < -0.3 is 5.11 Å². The Hall–Kier alpha value is -0.440. The fourth-order valence-electron chi connectivity index (χ4n) is 0.464. The highest BCUT2D eigenvalue weighted by molar-refractivity contribution is 5.83. The molecule has 0 aliphatic heterocycles. The zero-order chi connectivity index (χ0) is 7.44. The minimum atomic E-state index is -1.70. The van der Waals surface area contributed by atoms with Crippen LogP contribution in [-0.4, -0.2) is 23.2 Å². The number of alkyl halides is 1. The monoisotopic (exact) mass is 134 g/mol. The molecule has 2 nitrogen and oxygen atoms in total. The molecule has 0 aromatic carbocycles. The third-order valence-electron chi connectivity index (χ3n) is 1.08. The molecule has 0 bridgehead atoms. The molecule has 0 amide bonds. The highest BCUT2D eigenvalue weighted by Gasteiger charge is 2.19. The number of carbonyl (C=O) groups is 1. The second kappa shape index (κ2) is 3.56. The summed E-state index contributed by atoms with van der Waals surface area (Å²) in [7, 11) is 0. The van der Waals surface area contributed by atoms with Crippen LogP contribution in [0.4, 0.5) is 4.39 Å². The Morgan fingerprint density at radius 3 is 2.33 bits per heavy atom. The van der Waals surface area contributed by atoms with E-state index in [1.807, 2.05) is 0 Å². The predicted molar refractivity (Wildman–Crippen MR) is 31.9 cm³/mol. The summed E-state index contributed by atoms with van der Waals surface area (Å²) < 4.78 is 12.3. The molecule has 0 saturated carbocycles. The molecule has 3 heteroatoms. The Bertz CT molecular complexity index is 101. The van der Waals surface area contributed by atoms with E-state index >= 15 is 0 Å². The molecule has 0 rings (SSSR count). The van der Waals surface area contributed by atoms with Crippen molar-refractivity contribution in [3.8, 4) is 0 Å². The Morgan fingerprint density at radius 2 is 2.22 bits per heavy atom. The number of carbonyl (C=O) groups excluding carboxylic acids is 1. The van der Waals surface area contributed by atoms with Crippen molar-refractivity contribution < 1.29 is 14.3 Å². The van der Waals surface area contributed by atoms with E-state index in [0.717, 1.165) is 0 Å². The van der Waals surface area contributed by atoms with Gasteiger partial charge in [0.2, 0.25) is 0 Å². The van der Waals surface area contributed by atoms with Crippen LogP contribution >= 0.6 is 0 Å².